The number of benzene rings is 1. The molecule has 1 aromatic carbocycles. The first-order valence-corrected chi connectivity index (χ1v) is 8.05. The van der Waals surface area contributed by atoms with Crippen molar-refractivity contribution in [1.82, 2.24) is 15.5 Å². The molecule has 5 nitrogen and oxygen atoms in total. The van der Waals surface area contributed by atoms with Gasteiger partial charge in [0.1, 0.15) is 0 Å². The second-order valence-corrected chi connectivity index (χ2v) is 6.21. The minimum atomic E-state index is -0.210. The molecular formula is C17H23N3O2. The van der Waals surface area contributed by atoms with Crippen molar-refractivity contribution in [3.63, 3.8) is 0 Å². The quantitative estimate of drug-likeness (QED) is 0.869. The standard InChI is InChI=1S/C17H23N3O2/c21-16-9-14(17(22)19-15-7-4-8-18-10-15)12-20(16)11-13-5-2-1-3-6-13/h1-3,5-6,14-15,18H,4,7-12H2,(H,19,22). The second kappa shape index (κ2) is 6.92. The maximum atomic E-state index is 12.3. The first kappa shape index (κ1) is 15.0. The highest BCUT2D eigenvalue weighted by atomic mass is 16.2. The molecule has 0 saturated carbocycles. The summed E-state index contributed by atoms with van der Waals surface area (Å²) in [5.74, 6) is -0.110. The Bertz CT molecular complexity index is 526. The molecule has 22 heavy (non-hydrogen) atoms. The smallest absolute Gasteiger partial charge is 0.225 e. The van der Waals surface area contributed by atoms with Gasteiger partial charge in [0.15, 0.2) is 0 Å². The lowest BCUT2D eigenvalue weighted by atomic mass is 10.0. The van der Waals surface area contributed by atoms with Crippen molar-refractivity contribution in [3.05, 3.63) is 35.9 Å². The number of hydrogen-bond acceptors (Lipinski definition) is 3. The largest absolute Gasteiger partial charge is 0.352 e. The molecule has 0 bridgehead atoms. The number of amides is 2. The molecule has 0 aliphatic carbocycles. The van der Waals surface area contributed by atoms with Gasteiger partial charge in [-0.3, -0.25) is 9.59 Å². The van der Waals surface area contributed by atoms with Gasteiger partial charge in [0.25, 0.3) is 0 Å². The summed E-state index contributed by atoms with van der Waals surface area (Å²) >= 11 is 0. The Morgan fingerprint density at radius 2 is 2.14 bits per heavy atom. The van der Waals surface area contributed by atoms with Crippen molar-refractivity contribution in [3.8, 4) is 0 Å². The van der Waals surface area contributed by atoms with E-state index in [9.17, 15) is 9.59 Å². The van der Waals surface area contributed by atoms with Crippen LogP contribution >= 0.6 is 0 Å². The highest BCUT2D eigenvalue weighted by Crippen LogP contribution is 2.20. The van der Waals surface area contributed by atoms with Gasteiger partial charge in [-0.2, -0.15) is 0 Å². The summed E-state index contributed by atoms with van der Waals surface area (Å²) in [4.78, 5) is 26.2. The van der Waals surface area contributed by atoms with Gasteiger partial charge < -0.3 is 15.5 Å². The van der Waals surface area contributed by atoms with Crippen molar-refractivity contribution in [2.45, 2.75) is 31.8 Å². The summed E-state index contributed by atoms with van der Waals surface area (Å²) < 4.78 is 0. The number of likely N-dealkylation sites (tertiary alicyclic amines) is 1. The van der Waals surface area contributed by atoms with Crippen LogP contribution in [0.15, 0.2) is 30.3 Å². The van der Waals surface area contributed by atoms with E-state index in [4.69, 9.17) is 0 Å². The predicted octanol–water partition coefficient (Wildman–Crippen LogP) is 0.903. The molecule has 0 radical (unpaired) electrons. The van der Waals surface area contributed by atoms with E-state index in [0.29, 0.717) is 19.5 Å². The van der Waals surface area contributed by atoms with Gasteiger partial charge in [-0.05, 0) is 24.9 Å². The number of carbonyl (C=O) groups is 2. The molecule has 3 rings (SSSR count). The number of hydrogen-bond donors (Lipinski definition) is 2. The average Bonchev–Trinajstić information content (AvgIpc) is 2.90. The maximum absolute atomic E-state index is 12.3. The predicted molar refractivity (Wildman–Crippen MR) is 84.0 cm³/mol. The lowest BCUT2D eigenvalue weighted by molar-refractivity contribution is -0.129. The van der Waals surface area contributed by atoms with E-state index in [1.165, 1.54) is 0 Å². The summed E-state index contributed by atoms with van der Waals surface area (Å²) in [5, 5.41) is 6.37. The summed E-state index contributed by atoms with van der Waals surface area (Å²) in [6.07, 6.45) is 2.45. The van der Waals surface area contributed by atoms with Gasteiger partial charge >= 0.3 is 0 Å². The second-order valence-electron chi connectivity index (χ2n) is 6.21. The van der Waals surface area contributed by atoms with Crippen LogP contribution in [0, 0.1) is 5.92 Å². The van der Waals surface area contributed by atoms with Crippen LogP contribution < -0.4 is 10.6 Å². The monoisotopic (exact) mass is 301 g/mol. The van der Waals surface area contributed by atoms with Crippen LogP contribution in [0.1, 0.15) is 24.8 Å². The van der Waals surface area contributed by atoms with E-state index in [1.54, 1.807) is 4.90 Å². The van der Waals surface area contributed by atoms with Crippen molar-refractivity contribution in [2.24, 2.45) is 5.92 Å². The van der Waals surface area contributed by atoms with Crippen molar-refractivity contribution >= 4 is 11.8 Å². The first-order valence-electron chi connectivity index (χ1n) is 8.05. The number of piperidine rings is 1. The van der Waals surface area contributed by atoms with Gasteiger partial charge in [0.2, 0.25) is 11.8 Å². The van der Waals surface area contributed by atoms with Crippen LogP contribution in [0.25, 0.3) is 0 Å². The fourth-order valence-electron chi connectivity index (χ4n) is 3.20. The van der Waals surface area contributed by atoms with E-state index >= 15 is 0 Å². The molecule has 118 valence electrons. The molecule has 2 amide bonds. The van der Waals surface area contributed by atoms with Crippen molar-refractivity contribution in [2.75, 3.05) is 19.6 Å². The Labute approximate surface area is 131 Å². The third kappa shape index (κ3) is 3.65. The lowest BCUT2D eigenvalue weighted by Crippen LogP contribution is -2.47. The molecule has 2 N–H and O–H groups in total. The van der Waals surface area contributed by atoms with Crippen LogP contribution in [-0.2, 0) is 16.1 Å². The highest BCUT2D eigenvalue weighted by Gasteiger charge is 2.35. The van der Waals surface area contributed by atoms with Crippen LogP contribution in [0.3, 0.4) is 0 Å². The van der Waals surface area contributed by atoms with E-state index in [-0.39, 0.29) is 23.8 Å². The van der Waals surface area contributed by atoms with Crippen LogP contribution in [0.2, 0.25) is 0 Å². The summed E-state index contributed by atoms with van der Waals surface area (Å²) in [5.41, 5.74) is 1.10. The molecule has 5 heteroatoms. The van der Waals surface area contributed by atoms with E-state index in [0.717, 1.165) is 31.5 Å². The fourth-order valence-corrected chi connectivity index (χ4v) is 3.20. The Balaban J connectivity index is 1.53. The van der Waals surface area contributed by atoms with Gasteiger partial charge in [0.05, 0.1) is 5.92 Å². The minimum Gasteiger partial charge on any atom is -0.352 e. The van der Waals surface area contributed by atoms with E-state index in [1.807, 2.05) is 30.3 Å². The van der Waals surface area contributed by atoms with E-state index < -0.39 is 0 Å². The minimum absolute atomic E-state index is 0.0256. The maximum Gasteiger partial charge on any atom is 0.225 e. The zero-order valence-electron chi connectivity index (χ0n) is 12.8. The van der Waals surface area contributed by atoms with Crippen molar-refractivity contribution in [1.29, 1.82) is 0 Å². The Kier molecular flexibility index (Phi) is 4.73. The summed E-state index contributed by atoms with van der Waals surface area (Å²) in [6.45, 7) is 2.98. The van der Waals surface area contributed by atoms with Gasteiger partial charge in [-0.1, -0.05) is 30.3 Å². The first-order chi connectivity index (χ1) is 10.7. The molecule has 2 aliphatic heterocycles. The molecule has 2 saturated heterocycles. The molecule has 1 aromatic rings. The zero-order valence-corrected chi connectivity index (χ0v) is 12.8. The molecular weight excluding hydrogens is 278 g/mol. The van der Waals surface area contributed by atoms with Gasteiger partial charge in [-0.15, -0.1) is 0 Å². The Morgan fingerprint density at radius 1 is 1.32 bits per heavy atom. The normalized spacial score (nSPS) is 25.3. The van der Waals surface area contributed by atoms with Crippen LogP contribution in [0.5, 0.6) is 0 Å². The number of rotatable bonds is 4. The molecule has 2 fully saturated rings. The molecule has 0 aromatic heterocycles. The molecule has 2 heterocycles. The van der Waals surface area contributed by atoms with Crippen LogP contribution in [-0.4, -0.2) is 42.4 Å². The van der Waals surface area contributed by atoms with Crippen molar-refractivity contribution < 1.29 is 9.59 Å². The molecule has 2 aliphatic rings. The number of nitrogens with one attached hydrogen (secondary N) is 2. The van der Waals surface area contributed by atoms with E-state index in [2.05, 4.69) is 10.6 Å². The third-order valence-corrected chi connectivity index (χ3v) is 4.44. The Morgan fingerprint density at radius 3 is 2.86 bits per heavy atom. The van der Waals surface area contributed by atoms with Gasteiger partial charge in [-0.25, -0.2) is 0 Å². The summed E-state index contributed by atoms with van der Waals surface area (Å²) in [7, 11) is 0. The topological polar surface area (TPSA) is 61.4 Å². The fraction of sp³-hybridized carbons (Fsp3) is 0.529. The SMILES string of the molecule is O=C(NC1CCCNC1)C1CC(=O)N(Cc2ccccc2)C1. The van der Waals surface area contributed by atoms with Gasteiger partial charge in [0, 0.05) is 32.1 Å². The highest BCUT2D eigenvalue weighted by molar-refractivity contribution is 5.89. The third-order valence-electron chi connectivity index (χ3n) is 4.44. The molecule has 0 spiro atoms. The lowest BCUT2D eigenvalue weighted by Gasteiger charge is -2.25. The number of carbonyl (C=O) groups excluding carboxylic acids is 2. The number of nitrogens with zero attached hydrogens (tertiary/aromatic N) is 1. The summed E-state index contributed by atoms with van der Waals surface area (Å²) in [6, 6.07) is 10.1. The average molecular weight is 301 g/mol. The van der Waals surface area contributed by atoms with Crippen LogP contribution in [0.4, 0.5) is 0 Å². The Hall–Kier alpha value is -1.88. The molecule has 2 atom stereocenters. The zero-order chi connectivity index (χ0) is 15.4. The molecule has 2 unspecified atom stereocenters.